The molecule has 1 heterocycles. The number of sulfonamides is 1. The van der Waals surface area contributed by atoms with Crippen LogP contribution in [0.3, 0.4) is 0 Å². The minimum Gasteiger partial charge on any atom is -0.267 e. The maximum absolute atomic E-state index is 13.1. The summed E-state index contributed by atoms with van der Waals surface area (Å²) in [5.74, 6) is -0.882. The molecule has 0 spiro atoms. The van der Waals surface area contributed by atoms with Gasteiger partial charge in [-0.2, -0.15) is 0 Å². The van der Waals surface area contributed by atoms with E-state index in [1.165, 1.54) is 50.3 Å². The van der Waals surface area contributed by atoms with Gasteiger partial charge in [0.05, 0.1) is 15.5 Å². The summed E-state index contributed by atoms with van der Waals surface area (Å²) in [7, 11) is -3.78. The number of carbonyl (C=O) groups is 2. The first-order valence-electron chi connectivity index (χ1n) is 10.8. The number of carbonyl (C=O) groups excluding carboxylic acids is 2. The second-order valence-electron chi connectivity index (χ2n) is 7.70. The highest BCUT2D eigenvalue weighted by Crippen LogP contribution is 2.29. The molecular formula is C24H25N3O4S2. The lowest BCUT2D eigenvalue weighted by atomic mass is 9.99. The largest absolute Gasteiger partial charge is 0.279 e. The monoisotopic (exact) mass is 483 g/mol. The summed E-state index contributed by atoms with van der Waals surface area (Å²) >= 11 is 1.46. The fourth-order valence-electron chi connectivity index (χ4n) is 3.84. The van der Waals surface area contributed by atoms with Gasteiger partial charge in [0, 0.05) is 17.0 Å². The Kier molecular flexibility index (Phi) is 6.80. The Hall–Kier alpha value is -3.17. The number of amides is 2. The molecule has 172 valence electrons. The van der Waals surface area contributed by atoms with E-state index in [4.69, 9.17) is 0 Å². The van der Waals surface area contributed by atoms with Crippen LogP contribution in [0, 0.1) is 0 Å². The molecule has 2 N–H and O–H groups in total. The maximum Gasteiger partial charge on any atom is 0.279 e. The van der Waals surface area contributed by atoms with Crippen molar-refractivity contribution < 1.29 is 18.0 Å². The number of anilines is 1. The number of hydrogen-bond donors (Lipinski definition) is 2. The Bertz CT molecular complexity index is 1230. The average molecular weight is 484 g/mol. The fraction of sp³-hybridized carbons (Fsp3) is 0.250. The van der Waals surface area contributed by atoms with Crippen LogP contribution in [0.2, 0.25) is 0 Å². The van der Waals surface area contributed by atoms with Gasteiger partial charge in [0.15, 0.2) is 0 Å². The van der Waals surface area contributed by atoms with E-state index in [1.807, 2.05) is 12.1 Å². The summed E-state index contributed by atoms with van der Waals surface area (Å²) < 4.78 is 27.4. The van der Waals surface area contributed by atoms with E-state index in [9.17, 15) is 18.0 Å². The van der Waals surface area contributed by atoms with Crippen molar-refractivity contribution in [3.8, 4) is 0 Å². The predicted molar refractivity (Wildman–Crippen MR) is 129 cm³/mol. The van der Waals surface area contributed by atoms with E-state index in [0.29, 0.717) is 10.6 Å². The minimum absolute atomic E-state index is 0.0814. The molecule has 2 amide bonds. The van der Waals surface area contributed by atoms with Gasteiger partial charge in [-0.05, 0) is 80.6 Å². The third-order valence-corrected chi connectivity index (χ3v) is 8.70. The summed E-state index contributed by atoms with van der Waals surface area (Å²) in [6, 6.07) is 16.4. The van der Waals surface area contributed by atoms with Gasteiger partial charge in [-0.15, -0.1) is 11.3 Å². The van der Waals surface area contributed by atoms with E-state index in [1.54, 1.807) is 31.2 Å². The smallest absolute Gasteiger partial charge is 0.267 e. The maximum atomic E-state index is 13.1. The van der Waals surface area contributed by atoms with E-state index in [0.717, 1.165) is 25.7 Å². The van der Waals surface area contributed by atoms with E-state index in [-0.39, 0.29) is 22.9 Å². The molecule has 7 nitrogen and oxygen atoms in total. The first-order chi connectivity index (χ1) is 15.9. The Balaban J connectivity index is 1.41. The molecule has 0 atom stereocenters. The number of nitrogens with one attached hydrogen (secondary N) is 2. The molecule has 3 aromatic rings. The number of fused-ring (bicyclic) bond motifs is 1. The van der Waals surface area contributed by atoms with Crippen molar-refractivity contribution in [3.05, 3.63) is 81.5 Å². The number of thiophene rings is 1. The van der Waals surface area contributed by atoms with Crippen molar-refractivity contribution >= 4 is 38.9 Å². The molecule has 1 aliphatic carbocycles. The first kappa shape index (κ1) is 23.0. The first-order valence-corrected chi connectivity index (χ1v) is 13.1. The number of benzene rings is 2. The van der Waals surface area contributed by atoms with Gasteiger partial charge >= 0.3 is 0 Å². The number of aryl methyl sites for hydroxylation is 2. The third-order valence-electron chi connectivity index (χ3n) is 5.55. The topological polar surface area (TPSA) is 95.6 Å². The molecule has 0 fully saturated rings. The number of rotatable bonds is 6. The van der Waals surface area contributed by atoms with Gasteiger partial charge in [-0.1, -0.05) is 18.2 Å². The molecule has 0 radical (unpaired) electrons. The predicted octanol–water partition coefficient (Wildman–Crippen LogP) is 3.92. The van der Waals surface area contributed by atoms with Crippen molar-refractivity contribution in [1.82, 2.24) is 10.9 Å². The summed E-state index contributed by atoms with van der Waals surface area (Å²) in [6.45, 7) is 2.03. The lowest BCUT2D eigenvalue weighted by molar-refractivity contribution is 0.0849. The summed E-state index contributed by atoms with van der Waals surface area (Å²) in [5, 5.41) is 0. The molecule has 4 rings (SSSR count). The van der Waals surface area contributed by atoms with Crippen LogP contribution in [-0.4, -0.2) is 26.8 Å². The summed E-state index contributed by atoms with van der Waals surface area (Å²) in [4.78, 5) is 26.8. The molecule has 0 saturated carbocycles. The zero-order chi connectivity index (χ0) is 23.4. The quantitative estimate of drug-likeness (QED) is 0.520. The Labute approximate surface area is 197 Å². The average Bonchev–Trinajstić information content (AvgIpc) is 3.28. The zero-order valence-electron chi connectivity index (χ0n) is 18.2. The highest BCUT2D eigenvalue weighted by Gasteiger charge is 2.24. The van der Waals surface area contributed by atoms with E-state index >= 15 is 0 Å². The van der Waals surface area contributed by atoms with Crippen molar-refractivity contribution in [2.24, 2.45) is 0 Å². The van der Waals surface area contributed by atoms with Crippen molar-refractivity contribution in [1.29, 1.82) is 0 Å². The van der Waals surface area contributed by atoms with Crippen molar-refractivity contribution in [2.75, 3.05) is 10.8 Å². The van der Waals surface area contributed by atoms with Crippen LogP contribution >= 0.6 is 11.3 Å². The van der Waals surface area contributed by atoms with Crippen molar-refractivity contribution in [3.63, 3.8) is 0 Å². The lowest BCUT2D eigenvalue weighted by Crippen LogP contribution is -2.41. The minimum atomic E-state index is -3.78. The van der Waals surface area contributed by atoms with Gasteiger partial charge in [-0.25, -0.2) is 8.42 Å². The Morgan fingerprint density at radius 3 is 2.27 bits per heavy atom. The number of para-hydroxylation sites is 1. The molecule has 9 heteroatoms. The van der Waals surface area contributed by atoms with Crippen LogP contribution in [-0.2, 0) is 22.9 Å². The SMILES string of the molecule is CCN(c1ccccc1)S(=O)(=O)c1ccc(C(=O)NNC(=O)c2cc3c(s2)CCCC3)cc1. The number of hydrogen-bond acceptors (Lipinski definition) is 5. The lowest BCUT2D eigenvalue weighted by Gasteiger charge is -2.23. The normalized spacial score (nSPS) is 13.1. The van der Waals surface area contributed by atoms with Crippen LogP contribution in [0.4, 0.5) is 5.69 Å². The summed E-state index contributed by atoms with van der Waals surface area (Å²) in [6.07, 6.45) is 4.25. The van der Waals surface area contributed by atoms with Crippen LogP contribution < -0.4 is 15.2 Å². The molecule has 0 bridgehead atoms. The molecular weight excluding hydrogens is 458 g/mol. The number of nitrogens with zero attached hydrogens (tertiary/aromatic N) is 1. The standard InChI is InChI=1S/C24H25N3O4S2/c1-2-27(19-9-4-3-5-10-19)33(30,31)20-14-12-17(13-15-20)23(28)25-26-24(29)22-16-18-8-6-7-11-21(18)32-22/h3-5,9-10,12-16H,2,6-8,11H2,1H3,(H,25,28)(H,26,29). The highest BCUT2D eigenvalue weighted by atomic mass is 32.2. The molecule has 0 aliphatic heterocycles. The van der Waals surface area contributed by atoms with Crippen molar-refractivity contribution in [2.45, 2.75) is 37.5 Å². The Morgan fingerprint density at radius 2 is 1.61 bits per heavy atom. The number of hydrazine groups is 1. The molecule has 33 heavy (non-hydrogen) atoms. The Morgan fingerprint density at radius 1 is 0.939 bits per heavy atom. The molecule has 2 aromatic carbocycles. The van der Waals surface area contributed by atoms with Gasteiger partial charge in [0.2, 0.25) is 0 Å². The second-order valence-corrected chi connectivity index (χ2v) is 10.7. The molecule has 1 aliphatic rings. The van der Waals surface area contributed by atoms with Crippen LogP contribution in [0.25, 0.3) is 0 Å². The van der Waals surface area contributed by atoms with Gasteiger partial charge < -0.3 is 0 Å². The molecule has 1 aromatic heterocycles. The second kappa shape index (κ2) is 9.76. The van der Waals surface area contributed by atoms with E-state index in [2.05, 4.69) is 10.9 Å². The van der Waals surface area contributed by atoms with E-state index < -0.39 is 15.9 Å². The van der Waals surface area contributed by atoms with Gasteiger partial charge in [0.1, 0.15) is 0 Å². The highest BCUT2D eigenvalue weighted by molar-refractivity contribution is 7.92. The molecule has 0 saturated heterocycles. The van der Waals surface area contributed by atoms with Crippen LogP contribution in [0.1, 0.15) is 50.2 Å². The third kappa shape index (κ3) is 4.94. The van der Waals surface area contributed by atoms with Gasteiger partial charge in [0.25, 0.3) is 21.8 Å². The summed E-state index contributed by atoms with van der Waals surface area (Å²) in [5.41, 5.74) is 6.88. The van der Waals surface area contributed by atoms with Gasteiger partial charge in [-0.3, -0.25) is 24.7 Å². The van der Waals surface area contributed by atoms with Crippen LogP contribution in [0.15, 0.2) is 65.6 Å². The van der Waals surface area contributed by atoms with Crippen LogP contribution in [0.5, 0.6) is 0 Å². The fourth-order valence-corrected chi connectivity index (χ4v) is 6.46. The zero-order valence-corrected chi connectivity index (χ0v) is 19.8. The molecule has 0 unspecified atom stereocenters.